The number of hydrogen-bond donors (Lipinski definition) is 0. The van der Waals surface area contributed by atoms with Crippen molar-refractivity contribution in [3.05, 3.63) is 6.10 Å². The van der Waals surface area contributed by atoms with Crippen LogP contribution in [0.4, 0.5) is 0 Å². The molecule has 1 aliphatic carbocycles. The molecule has 6 heavy (non-hydrogen) atoms. The molecule has 1 saturated heterocycles. The van der Waals surface area contributed by atoms with Gasteiger partial charge in [-0.2, -0.15) is 0 Å². The normalized spacial score (nSPS) is 43.0. The molecule has 0 unspecified atom stereocenters. The first-order valence-corrected chi connectivity index (χ1v) is 2.45. The summed E-state index contributed by atoms with van der Waals surface area (Å²) in [6, 6.07) is 0. The van der Waals surface area contributed by atoms with Crippen LogP contribution in [-0.2, 0) is 4.74 Å². The average Bonchev–Trinajstić information content (AvgIpc) is 2.17. The van der Waals surface area contributed by atoms with Gasteiger partial charge in [0, 0.05) is 6.61 Å². The second kappa shape index (κ2) is 0.784. The number of fused-ring (bicyclic) bond motifs is 1. The van der Waals surface area contributed by atoms with Crippen LogP contribution in [0.2, 0.25) is 0 Å². The van der Waals surface area contributed by atoms with Gasteiger partial charge in [0.2, 0.25) is 0 Å². The molecule has 0 spiro atoms. The lowest BCUT2D eigenvalue weighted by Gasteiger charge is -1.85. The maximum atomic E-state index is 5.14. The Morgan fingerprint density at radius 1 is 1.67 bits per heavy atom. The van der Waals surface area contributed by atoms with Gasteiger partial charge in [0.15, 0.2) is 0 Å². The fraction of sp³-hybridized carbons (Fsp3) is 0.800. The van der Waals surface area contributed by atoms with Gasteiger partial charge in [-0.15, -0.1) is 0 Å². The molecule has 1 aliphatic heterocycles. The average molecular weight is 83.1 g/mol. The van der Waals surface area contributed by atoms with E-state index in [2.05, 4.69) is 0 Å². The van der Waals surface area contributed by atoms with Gasteiger partial charge in [0.05, 0.1) is 0 Å². The van der Waals surface area contributed by atoms with Crippen molar-refractivity contribution < 1.29 is 4.74 Å². The molecule has 0 amide bonds. The summed E-state index contributed by atoms with van der Waals surface area (Å²) in [4.78, 5) is 0. The summed E-state index contributed by atoms with van der Waals surface area (Å²) in [6.45, 7) is 1.00. The second-order valence-electron chi connectivity index (χ2n) is 2.00. The molecular formula is C5H7O. The first kappa shape index (κ1) is 3.03. The minimum absolute atomic E-state index is 0.907. The number of rotatable bonds is 0. The maximum Gasteiger partial charge on any atom is 0.101 e. The van der Waals surface area contributed by atoms with Crippen molar-refractivity contribution in [1.29, 1.82) is 0 Å². The summed E-state index contributed by atoms with van der Waals surface area (Å²) in [6.07, 6.45) is 3.95. The van der Waals surface area contributed by atoms with Gasteiger partial charge in [-0.25, -0.2) is 0 Å². The van der Waals surface area contributed by atoms with Gasteiger partial charge >= 0.3 is 0 Å². The lowest BCUT2D eigenvalue weighted by atomic mass is 10.3. The molecular weight excluding hydrogens is 76.1 g/mol. The zero-order valence-electron chi connectivity index (χ0n) is 3.61. The van der Waals surface area contributed by atoms with E-state index in [0.717, 1.165) is 12.5 Å². The van der Waals surface area contributed by atoms with E-state index in [4.69, 9.17) is 4.74 Å². The molecule has 1 saturated carbocycles. The van der Waals surface area contributed by atoms with E-state index in [-0.39, 0.29) is 0 Å². The van der Waals surface area contributed by atoms with Crippen LogP contribution in [0.3, 0.4) is 0 Å². The molecule has 2 fully saturated rings. The van der Waals surface area contributed by atoms with Crippen molar-refractivity contribution >= 4 is 0 Å². The standard InChI is InChI=1S/C5H7O/c1-2-6-5-3-4(1)5/h4H,1-3H2/t4-/m1/s1. The Bertz CT molecular complexity index is 62.3. The van der Waals surface area contributed by atoms with E-state index in [1.165, 1.54) is 18.9 Å². The molecule has 0 aromatic heterocycles. The third-order valence-corrected chi connectivity index (χ3v) is 1.50. The van der Waals surface area contributed by atoms with Crippen LogP contribution in [0, 0.1) is 12.0 Å². The highest BCUT2D eigenvalue weighted by Crippen LogP contribution is 2.49. The fourth-order valence-corrected chi connectivity index (χ4v) is 0.956. The predicted octanol–water partition coefficient (Wildman–Crippen LogP) is 0.959. The van der Waals surface area contributed by atoms with Gasteiger partial charge in [0.1, 0.15) is 6.10 Å². The SMILES string of the molecule is C1C[C@@H]2C[C]2O1. The number of hydrogen-bond acceptors (Lipinski definition) is 1. The molecule has 0 N–H and O–H groups in total. The van der Waals surface area contributed by atoms with E-state index in [1.807, 2.05) is 0 Å². The molecule has 0 aromatic carbocycles. The summed E-state index contributed by atoms with van der Waals surface area (Å²) in [5.41, 5.74) is 0. The molecule has 33 valence electrons. The smallest absolute Gasteiger partial charge is 0.101 e. The molecule has 1 radical (unpaired) electrons. The van der Waals surface area contributed by atoms with Gasteiger partial charge in [-0.3, -0.25) is 0 Å². The van der Waals surface area contributed by atoms with Crippen LogP contribution in [0.15, 0.2) is 0 Å². The summed E-state index contributed by atoms with van der Waals surface area (Å²) in [7, 11) is 0. The van der Waals surface area contributed by atoms with E-state index in [9.17, 15) is 0 Å². The maximum absolute atomic E-state index is 5.14. The van der Waals surface area contributed by atoms with Crippen LogP contribution in [0.25, 0.3) is 0 Å². The van der Waals surface area contributed by atoms with Crippen LogP contribution in [0.1, 0.15) is 12.8 Å². The van der Waals surface area contributed by atoms with Crippen LogP contribution in [0.5, 0.6) is 0 Å². The Balaban J connectivity index is 2.09. The van der Waals surface area contributed by atoms with E-state index < -0.39 is 0 Å². The van der Waals surface area contributed by atoms with Crippen molar-refractivity contribution in [2.24, 2.45) is 5.92 Å². The van der Waals surface area contributed by atoms with E-state index >= 15 is 0 Å². The van der Waals surface area contributed by atoms with Gasteiger partial charge in [0.25, 0.3) is 0 Å². The largest absolute Gasteiger partial charge is 0.372 e. The summed E-state index contributed by atoms with van der Waals surface area (Å²) in [5, 5.41) is 0. The van der Waals surface area contributed by atoms with Gasteiger partial charge < -0.3 is 4.74 Å². The first-order valence-electron chi connectivity index (χ1n) is 2.45. The Morgan fingerprint density at radius 2 is 2.67 bits per heavy atom. The predicted molar refractivity (Wildman–Crippen MR) is 21.9 cm³/mol. The molecule has 2 rings (SSSR count). The highest BCUT2D eigenvalue weighted by molar-refractivity contribution is 5.09. The monoisotopic (exact) mass is 83.0 g/mol. The minimum Gasteiger partial charge on any atom is -0.372 e. The summed E-state index contributed by atoms with van der Waals surface area (Å²) in [5.74, 6) is 0.907. The zero-order chi connectivity index (χ0) is 3.98. The fourth-order valence-electron chi connectivity index (χ4n) is 0.956. The lowest BCUT2D eigenvalue weighted by Crippen LogP contribution is -1.79. The highest BCUT2D eigenvalue weighted by Gasteiger charge is 2.43. The Hall–Kier alpha value is -0.0400. The van der Waals surface area contributed by atoms with Crippen molar-refractivity contribution in [1.82, 2.24) is 0 Å². The third-order valence-electron chi connectivity index (χ3n) is 1.50. The van der Waals surface area contributed by atoms with Crippen molar-refractivity contribution in [3.63, 3.8) is 0 Å². The summed E-state index contributed by atoms with van der Waals surface area (Å²) >= 11 is 0. The molecule has 1 nitrogen and oxygen atoms in total. The second-order valence-corrected chi connectivity index (χ2v) is 2.00. The molecule has 1 heterocycles. The topological polar surface area (TPSA) is 9.23 Å². The summed E-state index contributed by atoms with van der Waals surface area (Å²) < 4.78 is 5.14. The highest BCUT2D eigenvalue weighted by atomic mass is 16.5. The molecule has 1 atom stereocenters. The lowest BCUT2D eigenvalue weighted by molar-refractivity contribution is 0.221. The zero-order valence-corrected chi connectivity index (χ0v) is 3.61. The van der Waals surface area contributed by atoms with Crippen molar-refractivity contribution in [2.75, 3.05) is 6.61 Å². The molecule has 1 heteroatoms. The number of ether oxygens (including phenoxy) is 1. The Labute approximate surface area is 37.3 Å². The van der Waals surface area contributed by atoms with Crippen LogP contribution < -0.4 is 0 Å². The van der Waals surface area contributed by atoms with Crippen molar-refractivity contribution in [2.45, 2.75) is 12.8 Å². The van der Waals surface area contributed by atoms with E-state index in [1.54, 1.807) is 0 Å². The Kier molecular flexibility index (Phi) is 0.396. The quantitative estimate of drug-likeness (QED) is 0.424. The third kappa shape index (κ3) is 0.243. The Morgan fingerprint density at radius 3 is 2.83 bits per heavy atom. The minimum atomic E-state index is 0.907. The molecule has 0 bridgehead atoms. The van der Waals surface area contributed by atoms with E-state index in [0.29, 0.717) is 0 Å². The van der Waals surface area contributed by atoms with Crippen LogP contribution in [-0.4, -0.2) is 6.61 Å². The molecule has 0 aromatic rings. The first-order chi connectivity index (χ1) is 2.97. The molecule has 2 aliphatic rings. The van der Waals surface area contributed by atoms with Gasteiger partial charge in [-0.1, -0.05) is 0 Å². The van der Waals surface area contributed by atoms with Gasteiger partial charge in [-0.05, 0) is 18.8 Å². The van der Waals surface area contributed by atoms with Crippen molar-refractivity contribution in [3.8, 4) is 0 Å². The van der Waals surface area contributed by atoms with Crippen LogP contribution >= 0.6 is 0 Å².